The topological polar surface area (TPSA) is 59.9 Å². The van der Waals surface area contributed by atoms with Gasteiger partial charge in [0, 0.05) is 5.25 Å². The van der Waals surface area contributed by atoms with Crippen LogP contribution in [-0.4, -0.2) is 20.0 Å². The summed E-state index contributed by atoms with van der Waals surface area (Å²) in [5.74, 6) is 0.761. The molecule has 0 spiro atoms. The number of hydrogen-bond donors (Lipinski definition) is 1. The second-order valence-corrected chi connectivity index (χ2v) is 7.13. The first-order valence-corrected chi connectivity index (χ1v) is 8.62. The lowest BCUT2D eigenvalue weighted by Gasteiger charge is -2.09. The Labute approximate surface area is 144 Å². The van der Waals surface area contributed by atoms with Crippen molar-refractivity contribution in [2.75, 3.05) is 0 Å². The average molecular weight is 341 g/mol. The Bertz CT molecular complexity index is 839. The van der Waals surface area contributed by atoms with Crippen molar-refractivity contribution in [3.63, 3.8) is 0 Å². The Morgan fingerprint density at radius 1 is 1.12 bits per heavy atom. The fourth-order valence-electron chi connectivity index (χ4n) is 2.23. The monoisotopic (exact) mass is 341 g/mol. The maximum absolute atomic E-state index is 12.0. The molecule has 1 heterocycles. The number of benzene rings is 2. The summed E-state index contributed by atoms with van der Waals surface area (Å²) in [6, 6.07) is 17.5. The molecule has 1 aromatic heterocycles. The molecule has 6 heteroatoms. The maximum atomic E-state index is 12.0. The normalized spacial score (nSPS) is 11.0. The second kappa shape index (κ2) is 7.40. The van der Waals surface area contributed by atoms with E-state index in [1.807, 2.05) is 54.6 Å². The fourth-order valence-corrected chi connectivity index (χ4v) is 3.05. The van der Waals surface area contributed by atoms with Crippen LogP contribution in [0.1, 0.15) is 19.4 Å². The molecule has 24 heavy (non-hydrogen) atoms. The van der Waals surface area contributed by atoms with E-state index in [-0.39, 0.29) is 5.69 Å². The summed E-state index contributed by atoms with van der Waals surface area (Å²) in [5, 5.41) is 7.60. The summed E-state index contributed by atoms with van der Waals surface area (Å²) in [4.78, 5) is 12.0. The van der Waals surface area contributed by atoms with Crippen LogP contribution >= 0.6 is 11.8 Å². The zero-order valence-electron chi connectivity index (χ0n) is 13.6. The van der Waals surface area contributed by atoms with Gasteiger partial charge in [0.15, 0.2) is 5.16 Å². The highest BCUT2D eigenvalue weighted by Crippen LogP contribution is 2.23. The van der Waals surface area contributed by atoms with Crippen molar-refractivity contribution in [3.8, 4) is 11.4 Å². The van der Waals surface area contributed by atoms with E-state index >= 15 is 0 Å². The summed E-state index contributed by atoms with van der Waals surface area (Å²) in [6.45, 7) is 4.64. The number of ether oxygens (including phenoxy) is 1. The maximum Gasteiger partial charge on any atom is 0.348 e. The number of H-pyrrole nitrogens is 1. The molecule has 0 bridgehead atoms. The quantitative estimate of drug-likeness (QED) is 0.696. The van der Waals surface area contributed by atoms with Gasteiger partial charge in [-0.1, -0.05) is 55.9 Å². The van der Waals surface area contributed by atoms with Crippen LogP contribution in [0.25, 0.3) is 5.69 Å². The molecule has 3 aromatic rings. The van der Waals surface area contributed by atoms with Crippen molar-refractivity contribution in [3.05, 3.63) is 70.6 Å². The van der Waals surface area contributed by atoms with Crippen LogP contribution in [0.3, 0.4) is 0 Å². The number of hydrogen-bond acceptors (Lipinski definition) is 4. The van der Waals surface area contributed by atoms with Crippen LogP contribution in [0, 0.1) is 0 Å². The number of rotatable bonds is 6. The first-order chi connectivity index (χ1) is 11.6. The van der Waals surface area contributed by atoms with E-state index in [0.29, 0.717) is 17.0 Å². The SMILES string of the molecule is CC(C)Sc1n[nH]c(=O)n1-c1ccc(OCc2ccccc2)cc1. The summed E-state index contributed by atoms with van der Waals surface area (Å²) in [5.41, 5.74) is 1.64. The van der Waals surface area contributed by atoms with E-state index in [1.165, 1.54) is 0 Å². The van der Waals surface area contributed by atoms with Gasteiger partial charge in [0.2, 0.25) is 0 Å². The molecule has 0 atom stereocenters. The highest BCUT2D eigenvalue weighted by molar-refractivity contribution is 7.99. The zero-order valence-corrected chi connectivity index (χ0v) is 14.4. The van der Waals surface area contributed by atoms with Crippen LogP contribution in [-0.2, 0) is 6.61 Å². The number of nitrogens with one attached hydrogen (secondary N) is 1. The van der Waals surface area contributed by atoms with Crippen LogP contribution < -0.4 is 10.4 Å². The molecule has 0 amide bonds. The van der Waals surface area contributed by atoms with Gasteiger partial charge in [-0.15, -0.1) is 5.10 Å². The third-order valence-electron chi connectivity index (χ3n) is 3.33. The minimum Gasteiger partial charge on any atom is -0.489 e. The number of nitrogens with zero attached hydrogens (tertiary/aromatic N) is 2. The largest absolute Gasteiger partial charge is 0.489 e. The van der Waals surface area contributed by atoms with Crippen molar-refractivity contribution in [1.82, 2.24) is 14.8 Å². The molecule has 0 aliphatic rings. The molecule has 3 rings (SSSR count). The van der Waals surface area contributed by atoms with Gasteiger partial charge < -0.3 is 4.74 Å². The van der Waals surface area contributed by atoms with Gasteiger partial charge >= 0.3 is 5.69 Å². The van der Waals surface area contributed by atoms with Crippen LogP contribution in [0.5, 0.6) is 5.75 Å². The third-order valence-corrected chi connectivity index (χ3v) is 4.28. The second-order valence-electron chi connectivity index (χ2n) is 5.58. The fraction of sp³-hybridized carbons (Fsp3) is 0.222. The Balaban J connectivity index is 1.75. The summed E-state index contributed by atoms with van der Waals surface area (Å²) in [7, 11) is 0. The minimum absolute atomic E-state index is 0.240. The molecule has 0 fully saturated rings. The Kier molecular flexibility index (Phi) is 5.05. The smallest absolute Gasteiger partial charge is 0.348 e. The summed E-state index contributed by atoms with van der Waals surface area (Å²) < 4.78 is 7.35. The molecule has 5 nitrogen and oxygen atoms in total. The highest BCUT2D eigenvalue weighted by atomic mass is 32.2. The zero-order chi connectivity index (χ0) is 16.9. The van der Waals surface area contributed by atoms with Crippen LogP contribution in [0.2, 0.25) is 0 Å². The van der Waals surface area contributed by atoms with E-state index < -0.39 is 0 Å². The Morgan fingerprint density at radius 2 is 1.83 bits per heavy atom. The molecule has 1 N–H and O–H groups in total. The molecule has 0 saturated carbocycles. The lowest BCUT2D eigenvalue weighted by molar-refractivity contribution is 0.306. The van der Waals surface area contributed by atoms with Crippen molar-refractivity contribution in [1.29, 1.82) is 0 Å². The van der Waals surface area contributed by atoms with Gasteiger partial charge in [0.05, 0.1) is 5.69 Å². The Hall–Kier alpha value is -2.47. The number of aromatic nitrogens is 3. The highest BCUT2D eigenvalue weighted by Gasteiger charge is 2.12. The van der Waals surface area contributed by atoms with Gasteiger partial charge in [-0.25, -0.2) is 14.5 Å². The number of thioether (sulfide) groups is 1. The van der Waals surface area contributed by atoms with Gasteiger partial charge in [-0.3, -0.25) is 0 Å². The minimum atomic E-state index is -0.240. The van der Waals surface area contributed by atoms with Gasteiger partial charge in [0.25, 0.3) is 0 Å². The average Bonchev–Trinajstić information content (AvgIpc) is 2.94. The van der Waals surface area contributed by atoms with Crippen LogP contribution in [0.15, 0.2) is 64.5 Å². The first-order valence-electron chi connectivity index (χ1n) is 7.75. The van der Waals surface area contributed by atoms with E-state index in [2.05, 4.69) is 24.0 Å². The number of aromatic amines is 1. The summed E-state index contributed by atoms with van der Waals surface area (Å²) in [6.07, 6.45) is 0. The van der Waals surface area contributed by atoms with E-state index in [9.17, 15) is 4.79 Å². The molecule has 0 unspecified atom stereocenters. The predicted molar refractivity (Wildman–Crippen MR) is 96.0 cm³/mol. The van der Waals surface area contributed by atoms with Crippen molar-refractivity contribution in [2.45, 2.75) is 30.9 Å². The first kappa shape index (κ1) is 16.4. The van der Waals surface area contributed by atoms with Crippen molar-refractivity contribution in [2.24, 2.45) is 0 Å². The standard InChI is InChI=1S/C18H19N3O2S/c1-13(2)24-18-20-19-17(22)21(18)15-8-10-16(11-9-15)23-12-14-6-4-3-5-7-14/h3-11,13H,12H2,1-2H3,(H,19,22). The van der Waals surface area contributed by atoms with Crippen LogP contribution in [0.4, 0.5) is 0 Å². The van der Waals surface area contributed by atoms with E-state index in [1.54, 1.807) is 16.3 Å². The van der Waals surface area contributed by atoms with Gasteiger partial charge in [-0.2, -0.15) is 0 Å². The summed E-state index contributed by atoms with van der Waals surface area (Å²) >= 11 is 1.54. The molecule has 0 radical (unpaired) electrons. The molecular weight excluding hydrogens is 322 g/mol. The lowest BCUT2D eigenvalue weighted by atomic mass is 10.2. The van der Waals surface area contributed by atoms with Crippen molar-refractivity contribution < 1.29 is 4.74 Å². The van der Waals surface area contributed by atoms with E-state index in [4.69, 9.17) is 4.74 Å². The molecule has 2 aromatic carbocycles. The Morgan fingerprint density at radius 3 is 2.50 bits per heavy atom. The van der Waals surface area contributed by atoms with Gasteiger partial charge in [-0.05, 0) is 29.8 Å². The van der Waals surface area contributed by atoms with Gasteiger partial charge in [0.1, 0.15) is 12.4 Å². The molecule has 0 saturated heterocycles. The van der Waals surface area contributed by atoms with Crippen molar-refractivity contribution >= 4 is 11.8 Å². The molecular formula is C18H19N3O2S. The molecule has 0 aliphatic carbocycles. The lowest BCUT2D eigenvalue weighted by Crippen LogP contribution is -2.15. The van der Waals surface area contributed by atoms with E-state index in [0.717, 1.165) is 17.0 Å². The predicted octanol–water partition coefficient (Wildman–Crippen LogP) is 3.64. The molecule has 124 valence electrons. The molecule has 0 aliphatic heterocycles. The third kappa shape index (κ3) is 3.89.